The smallest absolute Gasteiger partial charge is 0.261 e. The minimum absolute atomic E-state index is 0.0130. The summed E-state index contributed by atoms with van der Waals surface area (Å²) in [6.45, 7) is 13.9. The van der Waals surface area contributed by atoms with Gasteiger partial charge < -0.3 is 8.83 Å². The minimum atomic E-state index is 0.0130. The minimum Gasteiger partial charge on any atom is -0.456 e. The van der Waals surface area contributed by atoms with Crippen LogP contribution in [0.1, 0.15) is 11.5 Å². The van der Waals surface area contributed by atoms with Crippen molar-refractivity contribution in [3.8, 4) is 33.4 Å². The Balaban J connectivity index is 1.63. The Morgan fingerprint density at radius 2 is 1.26 bits per heavy atom. The summed E-state index contributed by atoms with van der Waals surface area (Å²) in [4.78, 5) is 10.7. The number of nitriles is 2. The fourth-order valence-corrected chi connectivity index (χ4v) is 7.18. The number of thiophene rings is 1. The molecule has 1 aliphatic heterocycles. The number of furan rings is 2. The maximum atomic E-state index is 8.84. The average molecular weight is 511 g/mol. The lowest BCUT2D eigenvalue weighted by Crippen LogP contribution is -1.92. The van der Waals surface area contributed by atoms with Crippen LogP contribution in [0.2, 0.25) is 0 Å². The number of rotatable bonds is 6. The zero-order valence-corrected chi connectivity index (χ0v) is 20.5. The Hall–Kier alpha value is -4.12. The quantitative estimate of drug-likeness (QED) is 0.189. The van der Waals surface area contributed by atoms with Crippen molar-refractivity contribution in [2.45, 2.75) is 9.79 Å². The predicted octanol–water partition coefficient (Wildman–Crippen LogP) is 8.15. The van der Waals surface area contributed by atoms with E-state index in [1.54, 1.807) is 59.2 Å². The van der Waals surface area contributed by atoms with Gasteiger partial charge in [0.05, 0.1) is 35.0 Å². The van der Waals surface area contributed by atoms with Crippen LogP contribution in [-0.4, -0.2) is 11.5 Å². The highest BCUT2D eigenvalue weighted by molar-refractivity contribution is 8.06. The molecule has 35 heavy (non-hydrogen) atoms. The Morgan fingerprint density at radius 1 is 0.800 bits per heavy atom. The summed E-state index contributed by atoms with van der Waals surface area (Å²) in [6, 6.07) is 11.2. The van der Waals surface area contributed by atoms with E-state index >= 15 is 0 Å². The molecule has 0 atom stereocenters. The molecule has 3 aromatic rings. The first-order valence-corrected chi connectivity index (χ1v) is 12.9. The Labute approximate surface area is 214 Å². The van der Waals surface area contributed by atoms with Gasteiger partial charge in [0.15, 0.2) is 0 Å². The molecule has 1 aliphatic rings. The highest BCUT2D eigenvalue weighted by atomic mass is 32.2. The van der Waals surface area contributed by atoms with Gasteiger partial charge in [-0.25, -0.2) is 20.2 Å². The van der Waals surface area contributed by atoms with Crippen LogP contribution in [0.25, 0.3) is 43.1 Å². The van der Waals surface area contributed by atoms with Gasteiger partial charge in [-0.1, -0.05) is 12.2 Å². The molecular formula is C26H14N4O2S3. The van der Waals surface area contributed by atoms with E-state index < -0.39 is 0 Å². The second-order valence-electron chi connectivity index (χ2n) is 6.79. The monoisotopic (exact) mass is 510 g/mol. The molecule has 0 spiro atoms. The SMILES string of the molecule is [C-]#[N+]/C(C#N)=C\C=C\c1ccc(-c2sc(-c3ccc(/C=C/C=C(\C#N)[N+]#[C-])o3)c3c2SCCS3)o1. The lowest BCUT2D eigenvalue weighted by atomic mass is 10.3. The van der Waals surface area contributed by atoms with E-state index in [2.05, 4.69) is 9.69 Å². The van der Waals surface area contributed by atoms with Gasteiger partial charge >= 0.3 is 0 Å². The summed E-state index contributed by atoms with van der Waals surface area (Å²) in [5.74, 6) is 4.78. The van der Waals surface area contributed by atoms with E-state index in [0.29, 0.717) is 11.5 Å². The van der Waals surface area contributed by atoms with E-state index in [1.165, 1.54) is 21.9 Å². The Bertz CT molecular complexity index is 1410. The average Bonchev–Trinajstić information content (AvgIpc) is 3.63. The van der Waals surface area contributed by atoms with Crippen molar-refractivity contribution in [2.24, 2.45) is 0 Å². The van der Waals surface area contributed by atoms with E-state index in [4.69, 9.17) is 32.5 Å². The molecular weight excluding hydrogens is 497 g/mol. The van der Waals surface area contributed by atoms with E-state index in [-0.39, 0.29) is 11.4 Å². The van der Waals surface area contributed by atoms with Crippen molar-refractivity contribution < 1.29 is 8.83 Å². The standard InChI is InChI=1S/C26H14N4O2S3/c1-29-17(15-27)5-3-7-19-9-11-21(31-19)23-25-26(34-14-13-33-25)24(35-23)22-12-10-20(32-22)8-4-6-18(16-28)30-2/h3-12H,13-14H2/b7-3+,8-4+,17-5-,18-6+. The molecule has 4 heterocycles. The summed E-state index contributed by atoms with van der Waals surface area (Å²) in [6.07, 6.45) is 9.61. The number of hydrogen-bond donors (Lipinski definition) is 0. The third-order valence-electron chi connectivity index (χ3n) is 4.60. The fourth-order valence-electron chi connectivity index (χ4n) is 3.07. The summed E-state index contributed by atoms with van der Waals surface area (Å²) < 4.78 is 12.1. The van der Waals surface area contributed by atoms with Gasteiger partial charge in [0.2, 0.25) is 0 Å². The number of fused-ring (bicyclic) bond motifs is 1. The van der Waals surface area contributed by atoms with Crippen molar-refractivity contribution >= 4 is 47.0 Å². The third-order valence-corrected chi connectivity index (χ3v) is 8.67. The topological polar surface area (TPSA) is 82.6 Å². The molecule has 0 amide bonds. The molecule has 0 aliphatic carbocycles. The van der Waals surface area contributed by atoms with Crippen LogP contribution in [0.5, 0.6) is 0 Å². The number of thioether (sulfide) groups is 2. The van der Waals surface area contributed by atoms with Crippen LogP contribution in [0.15, 0.2) is 78.6 Å². The predicted molar refractivity (Wildman–Crippen MR) is 140 cm³/mol. The lowest BCUT2D eigenvalue weighted by Gasteiger charge is -2.12. The van der Waals surface area contributed by atoms with Crippen LogP contribution >= 0.6 is 34.9 Å². The summed E-state index contributed by atoms with van der Waals surface area (Å²) >= 11 is 5.22. The van der Waals surface area contributed by atoms with Crippen molar-refractivity contribution in [2.75, 3.05) is 11.5 Å². The molecule has 0 bridgehead atoms. The van der Waals surface area contributed by atoms with Crippen molar-refractivity contribution in [1.82, 2.24) is 0 Å². The Kier molecular flexibility index (Phi) is 7.78. The van der Waals surface area contributed by atoms with Crippen LogP contribution in [0.4, 0.5) is 0 Å². The second-order valence-corrected chi connectivity index (χ2v) is 10.0. The van der Waals surface area contributed by atoms with Gasteiger partial charge in [-0.05, 0) is 48.6 Å². The van der Waals surface area contributed by atoms with Crippen LogP contribution in [0, 0.1) is 35.8 Å². The first kappa shape index (κ1) is 24.0. The lowest BCUT2D eigenvalue weighted by molar-refractivity contribution is 0.571. The normalized spacial score (nSPS) is 13.8. The largest absolute Gasteiger partial charge is 0.456 e. The molecule has 168 valence electrons. The maximum Gasteiger partial charge on any atom is 0.261 e. The van der Waals surface area contributed by atoms with Gasteiger partial charge in [-0.2, -0.15) is 0 Å². The van der Waals surface area contributed by atoms with E-state index in [1.807, 2.05) is 36.4 Å². The fraction of sp³-hybridized carbons (Fsp3) is 0.0769. The number of nitrogens with zero attached hydrogens (tertiary/aromatic N) is 4. The molecule has 9 heteroatoms. The van der Waals surface area contributed by atoms with Crippen LogP contribution in [0.3, 0.4) is 0 Å². The molecule has 6 nitrogen and oxygen atoms in total. The van der Waals surface area contributed by atoms with Crippen molar-refractivity contribution in [3.05, 3.63) is 94.3 Å². The molecule has 4 rings (SSSR count). The van der Waals surface area contributed by atoms with Crippen molar-refractivity contribution in [1.29, 1.82) is 10.5 Å². The zero-order chi connectivity index (χ0) is 24.6. The highest BCUT2D eigenvalue weighted by Crippen LogP contribution is 2.53. The van der Waals surface area contributed by atoms with Gasteiger partial charge in [-0.15, -0.1) is 34.9 Å². The molecule has 0 saturated carbocycles. The highest BCUT2D eigenvalue weighted by Gasteiger charge is 2.26. The van der Waals surface area contributed by atoms with Crippen molar-refractivity contribution in [3.63, 3.8) is 0 Å². The molecule has 0 saturated heterocycles. The third kappa shape index (κ3) is 5.52. The number of allylic oxidation sites excluding steroid dienone is 6. The van der Waals surface area contributed by atoms with E-state index in [0.717, 1.165) is 32.8 Å². The summed E-state index contributed by atoms with van der Waals surface area (Å²) in [5, 5.41) is 17.7. The molecule has 0 aromatic carbocycles. The van der Waals surface area contributed by atoms with Gasteiger partial charge in [0.25, 0.3) is 11.4 Å². The molecule has 0 unspecified atom stereocenters. The summed E-state index contributed by atoms with van der Waals surface area (Å²) in [7, 11) is 0. The van der Waals surface area contributed by atoms with Crippen LogP contribution < -0.4 is 0 Å². The summed E-state index contributed by atoms with van der Waals surface area (Å²) in [5.41, 5.74) is 0.0259. The first-order valence-electron chi connectivity index (χ1n) is 10.1. The molecule has 0 fully saturated rings. The molecule has 0 N–H and O–H groups in total. The molecule has 3 aromatic heterocycles. The maximum absolute atomic E-state index is 8.84. The second kappa shape index (κ2) is 11.3. The molecule has 0 radical (unpaired) electrons. The van der Waals surface area contributed by atoms with Crippen LogP contribution in [-0.2, 0) is 0 Å². The zero-order valence-electron chi connectivity index (χ0n) is 18.0. The number of hydrogen-bond acceptors (Lipinski definition) is 7. The van der Waals surface area contributed by atoms with Gasteiger partial charge in [0, 0.05) is 21.3 Å². The van der Waals surface area contributed by atoms with E-state index in [9.17, 15) is 0 Å². The van der Waals surface area contributed by atoms with Gasteiger partial charge in [-0.3, -0.25) is 0 Å². The first-order chi connectivity index (χ1) is 17.2. The van der Waals surface area contributed by atoms with Gasteiger partial charge in [0.1, 0.15) is 23.0 Å². The Morgan fingerprint density at radius 3 is 1.66 bits per heavy atom.